The lowest BCUT2D eigenvalue weighted by Gasteiger charge is -2.08. The Morgan fingerprint density at radius 2 is 1.53 bits per heavy atom. The second kappa shape index (κ2) is 13.2. The largest absolute Gasteiger partial charge is 0.255 e. The Kier molecular flexibility index (Phi) is 14.5. The van der Waals surface area contributed by atoms with Gasteiger partial charge in [0.25, 0.3) is 0 Å². The Hall–Kier alpha value is -0.850. The number of hydrogen-bond donors (Lipinski definition) is 0. The van der Waals surface area contributed by atoms with Gasteiger partial charge in [0, 0.05) is 0 Å². The van der Waals surface area contributed by atoms with Gasteiger partial charge in [0.1, 0.15) is 0 Å². The monoisotopic (exact) mass is 212 g/mol. The van der Waals surface area contributed by atoms with Crippen LogP contribution in [0.15, 0.2) is 30.3 Å². The molecule has 0 fully saturated rings. The molecule has 0 radical (unpaired) electrons. The van der Waals surface area contributed by atoms with Crippen molar-refractivity contribution in [2.45, 2.75) is 46.5 Å². The van der Waals surface area contributed by atoms with Crippen molar-refractivity contribution in [2.75, 3.05) is 7.18 Å². The van der Waals surface area contributed by atoms with Crippen LogP contribution in [0.4, 0.5) is 4.39 Å². The van der Waals surface area contributed by atoms with E-state index in [9.17, 15) is 4.39 Å². The third kappa shape index (κ3) is 8.17. The van der Waals surface area contributed by atoms with E-state index in [1.54, 1.807) is 0 Å². The van der Waals surface area contributed by atoms with Gasteiger partial charge in [-0.25, -0.2) is 0 Å². The zero-order valence-corrected chi connectivity index (χ0v) is 10.8. The molecule has 1 aromatic rings. The summed E-state index contributed by atoms with van der Waals surface area (Å²) in [5.74, 6) is 0.723. The van der Waals surface area contributed by atoms with E-state index in [2.05, 4.69) is 44.2 Å². The minimum absolute atomic E-state index is 0.500. The second-order valence-electron chi connectivity index (χ2n) is 3.10. The number of rotatable bonds is 3. The van der Waals surface area contributed by atoms with Gasteiger partial charge in [-0.3, -0.25) is 4.39 Å². The standard InChI is InChI=1S/C11H16.C2H6.CH3F/c1-3-7-10(2)11-8-5-4-6-9-11;2*1-2/h4-6,8-10H,3,7H2,1-2H3;1-2H3;1H3/t10-;;/m0../s1. The van der Waals surface area contributed by atoms with Crippen LogP contribution in [0.25, 0.3) is 0 Å². The maximum absolute atomic E-state index is 9.50. The fourth-order valence-electron chi connectivity index (χ4n) is 1.38. The molecular formula is C14H25F. The van der Waals surface area contributed by atoms with Crippen molar-refractivity contribution in [2.24, 2.45) is 0 Å². The van der Waals surface area contributed by atoms with Crippen molar-refractivity contribution in [1.29, 1.82) is 0 Å². The summed E-state index contributed by atoms with van der Waals surface area (Å²) in [6.45, 7) is 8.53. The molecule has 1 aromatic carbocycles. The van der Waals surface area contributed by atoms with Crippen LogP contribution in [0, 0.1) is 0 Å². The molecule has 0 heterocycles. The summed E-state index contributed by atoms with van der Waals surface area (Å²) in [4.78, 5) is 0. The van der Waals surface area contributed by atoms with E-state index in [1.807, 2.05) is 13.8 Å². The van der Waals surface area contributed by atoms with E-state index >= 15 is 0 Å². The molecule has 0 aliphatic heterocycles. The molecule has 0 amide bonds. The first-order chi connectivity index (χ1) is 7.34. The summed E-state index contributed by atoms with van der Waals surface area (Å²) in [5.41, 5.74) is 1.47. The molecule has 0 aliphatic carbocycles. The number of benzene rings is 1. The van der Waals surface area contributed by atoms with Crippen LogP contribution < -0.4 is 0 Å². The Labute approximate surface area is 94.5 Å². The minimum atomic E-state index is 0.500. The van der Waals surface area contributed by atoms with Crippen LogP contribution in [0.1, 0.15) is 52.0 Å². The second-order valence-corrected chi connectivity index (χ2v) is 3.10. The molecule has 0 nitrogen and oxygen atoms in total. The normalized spacial score (nSPS) is 10.3. The Morgan fingerprint density at radius 1 is 1.07 bits per heavy atom. The van der Waals surface area contributed by atoms with Gasteiger partial charge in [0.05, 0.1) is 7.18 Å². The van der Waals surface area contributed by atoms with Gasteiger partial charge >= 0.3 is 0 Å². The lowest BCUT2D eigenvalue weighted by atomic mass is 9.97. The number of halogens is 1. The van der Waals surface area contributed by atoms with Gasteiger partial charge in [-0.15, -0.1) is 0 Å². The topological polar surface area (TPSA) is 0 Å². The van der Waals surface area contributed by atoms with E-state index in [4.69, 9.17) is 0 Å². The summed E-state index contributed by atoms with van der Waals surface area (Å²) < 4.78 is 9.50. The van der Waals surface area contributed by atoms with Crippen LogP contribution in [0.3, 0.4) is 0 Å². The number of alkyl halides is 1. The van der Waals surface area contributed by atoms with Crippen LogP contribution in [-0.4, -0.2) is 7.18 Å². The molecular weight excluding hydrogens is 187 g/mol. The predicted molar refractivity (Wildman–Crippen MR) is 68.1 cm³/mol. The minimum Gasteiger partial charge on any atom is -0.255 e. The smallest absolute Gasteiger partial charge is 0.0785 e. The molecule has 0 saturated carbocycles. The molecule has 1 atom stereocenters. The molecule has 88 valence electrons. The third-order valence-corrected chi connectivity index (χ3v) is 2.09. The molecule has 0 aliphatic rings. The molecule has 15 heavy (non-hydrogen) atoms. The van der Waals surface area contributed by atoms with Crippen molar-refractivity contribution in [3.63, 3.8) is 0 Å². The van der Waals surface area contributed by atoms with E-state index in [0.717, 1.165) is 5.92 Å². The van der Waals surface area contributed by atoms with Crippen molar-refractivity contribution in [1.82, 2.24) is 0 Å². The lowest BCUT2D eigenvalue weighted by Crippen LogP contribution is -1.91. The van der Waals surface area contributed by atoms with Gasteiger partial charge in [0.15, 0.2) is 0 Å². The third-order valence-electron chi connectivity index (χ3n) is 2.09. The van der Waals surface area contributed by atoms with E-state index in [1.165, 1.54) is 18.4 Å². The van der Waals surface area contributed by atoms with Gasteiger partial charge < -0.3 is 0 Å². The van der Waals surface area contributed by atoms with Crippen molar-refractivity contribution in [3.05, 3.63) is 35.9 Å². The average molecular weight is 212 g/mol. The molecule has 0 N–H and O–H groups in total. The summed E-state index contributed by atoms with van der Waals surface area (Å²) in [6.07, 6.45) is 2.57. The first-order valence-corrected chi connectivity index (χ1v) is 5.77. The Balaban J connectivity index is 0. The highest BCUT2D eigenvalue weighted by molar-refractivity contribution is 5.18. The highest BCUT2D eigenvalue weighted by Gasteiger charge is 2.01. The van der Waals surface area contributed by atoms with Crippen LogP contribution in [0.2, 0.25) is 0 Å². The van der Waals surface area contributed by atoms with Crippen LogP contribution in [-0.2, 0) is 0 Å². The summed E-state index contributed by atoms with van der Waals surface area (Å²) in [7, 11) is 0.500. The summed E-state index contributed by atoms with van der Waals surface area (Å²) in [6, 6.07) is 10.7. The first-order valence-electron chi connectivity index (χ1n) is 5.77. The zero-order chi connectivity index (χ0) is 12.1. The van der Waals surface area contributed by atoms with E-state index in [0.29, 0.717) is 7.18 Å². The molecule has 0 saturated heterocycles. The fourth-order valence-corrected chi connectivity index (χ4v) is 1.38. The van der Waals surface area contributed by atoms with E-state index < -0.39 is 0 Å². The Morgan fingerprint density at radius 3 is 1.93 bits per heavy atom. The maximum atomic E-state index is 9.50. The first kappa shape index (κ1) is 16.6. The summed E-state index contributed by atoms with van der Waals surface area (Å²) >= 11 is 0. The molecule has 0 bridgehead atoms. The fraction of sp³-hybridized carbons (Fsp3) is 0.571. The van der Waals surface area contributed by atoms with Gasteiger partial charge in [-0.05, 0) is 17.9 Å². The number of hydrogen-bond acceptors (Lipinski definition) is 0. The quantitative estimate of drug-likeness (QED) is 0.646. The average Bonchev–Trinajstić information content (AvgIpc) is 2.36. The SMILES string of the molecule is CC.CCC[C@H](C)c1ccccc1.CF. The molecule has 0 spiro atoms. The van der Waals surface area contributed by atoms with Gasteiger partial charge in [0.2, 0.25) is 0 Å². The van der Waals surface area contributed by atoms with Gasteiger partial charge in [-0.1, -0.05) is 64.4 Å². The molecule has 0 aromatic heterocycles. The van der Waals surface area contributed by atoms with Crippen molar-refractivity contribution in [3.8, 4) is 0 Å². The van der Waals surface area contributed by atoms with Crippen LogP contribution in [0.5, 0.6) is 0 Å². The summed E-state index contributed by atoms with van der Waals surface area (Å²) in [5, 5.41) is 0. The van der Waals surface area contributed by atoms with Crippen molar-refractivity contribution >= 4 is 0 Å². The lowest BCUT2D eigenvalue weighted by molar-refractivity contribution is 0.636. The van der Waals surface area contributed by atoms with Crippen molar-refractivity contribution < 1.29 is 4.39 Å². The highest BCUT2D eigenvalue weighted by atomic mass is 19.1. The van der Waals surface area contributed by atoms with Crippen LogP contribution >= 0.6 is 0 Å². The van der Waals surface area contributed by atoms with Gasteiger partial charge in [-0.2, -0.15) is 0 Å². The van der Waals surface area contributed by atoms with E-state index in [-0.39, 0.29) is 0 Å². The highest BCUT2D eigenvalue weighted by Crippen LogP contribution is 2.19. The Bertz CT molecular complexity index is 194. The molecule has 1 rings (SSSR count). The molecule has 1 heteroatoms. The molecule has 0 unspecified atom stereocenters. The predicted octanol–water partition coefficient (Wildman–Crippen LogP) is 5.20. The maximum Gasteiger partial charge on any atom is 0.0785 e. The zero-order valence-electron chi connectivity index (χ0n) is 10.8.